The van der Waals surface area contributed by atoms with E-state index in [0.717, 1.165) is 18.6 Å². The van der Waals surface area contributed by atoms with Crippen molar-refractivity contribution in [2.24, 2.45) is 11.8 Å². The highest BCUT2D eigenvalue weighted by Crippen LogP contribution is 2.37. The first-order chi connectivity index (χ1) is 14.1. The van der Waals surface area contributed by atoms with Crippen molar-refractivity contribution in [2.75, 3.05) is 19.7 Å². The van der Waals surface area contributed by atoms with E-state index in [1.807, 2.05) is 35.2 Å². The Morgan fingerprint density at radius 3 is 2.59 bits per heavy atom. The van der Waals surface area contributed by atoms with Crippen LogP contribution < -0.4 is 10.1 Å². The maximum Gasteiger partial charge on any atom is 0.273 e. The van der Waals surface area contributed by atoms with Gasteiger partial charge in [0.05, 0.1) is 6.61 Å². The number of carbonyl (C=O) groups is 2. The highest BCUT2D eigenvalue weighted by molar-refractivity contribution is 5.93. The molecule has 2 amide bonds. The van der Waals surface area contributed by atoms with Gasteiger partial charge in [-0.1, -0.05) is 18.2 Å². The second-order valence-electron chi connectivity index (χ2n) is 7.92. The zero-order valence-corrected chi connectivity index (χ0v) is 16.7. The molecule has 0 radical (unpaired) electrons. The minimum Gasteiger partial charge on any atom is -0.494 e. The lowest BCUT2D eigenvalue weighted by Gasteiger charge is -2.38. The predicted molar refractivity (Wildman–Crippen MR) is 106 cm³/mol. The van der Waals surface area contributed by atoms with Gasteiger partial charge in [-0.3, -0.25) is 9.59 Å². The summed E-state index contributed by atoms with van der Waals surface area (Å²) in [5.74, 6) is 1.95. The summed E-state index contributed by atoms with van der Waals surface area (Å²) >= 11 is 0. The van der Waals surface area contributed by atoms with Gasteiger partial charge in [0.2, 0.25) is 5.91 Å². The summed E-state index contributed by atoms with van der Waals surface area (Å²) in [6.07, 6.45) is 4.55. The van der Waals surface area contributed by atoms with Gasteiger partial charge >= 0.3 is 0 Å². The van der Waals surface area contributed by atoms with Gasteiger partial charge in [-0.05, 0) is 50.2 Å². The van der Waals surface area contributed by atoms with E-state index in [0.29, 0.717) is 55.8 Å². The number of oxazole rings is 1. The van der Waals surface area contributed by atoms with Crippen LogP contribution in [-0.4, -0.2) is 47.4 Å². The number of para-hydroxylation sites is 1. The van der Waals surface area contributed by atoms with Crippen molar-refractivity contribution in [3.63, 3.8) is 0 Å². The summed E-state index contributed by atoms with van der Waals surface area (Å²) < 4.78 is 10.8. The molecule has 1 aromatic carbocycles. The monoisotopic (exact) mass is 397 g/mol. The van der Waals surface area contributed by atoms with Gasteiger partial charge < -0.3 is 19.4 Å². The number of fused-ring (bicyclic) bond motifs is 2. The third-order valence-corrected chi connectivity index (χ3v) is 5.99. The van der Waals surface area contributed by atoms with Gasteiger partial charge in [-0.2, -0.15) is 0 Å². The number of hydrogen-bond donors (Lipinski definition) is 1. The average Bonchev–Trinajstić information content (AvgIpc) is 3.24. The van der Waals surface area contributed by atoms with Gasteiger partial charge in [0, 0.05) is 25.6 Å². The Bertz CT molecular complexity index is 837. The van der Waals surface area contributed by atoms with E-state index in [2.05, 4.69) is 10.3 Å². The molecule has 2 heterocycles. The molecular weight excluding hydrogens is 370 g/mol. The van der Waals surface area contributed by atoms with Crippen LogP contribution in [0.15, 0.2) is 41.1 Å². The predicted octanol–water partition coefficient (Wildman–Crippen LogP) is 2.81. The Labute approximate surface area is 170 Å². The molecule has 154 valence electrons. The summed E-state index contributed by atoms with van der Waals surface area (Å²) in [5.41, 5.74) is 0.348. The number of likely N-dealkylation sites (tertiary alicyclic amines) is 1. The largest absolute Gasteiger partial charge is 0.494 e. The lowest BCUT2D eigenvalue weighted by atomic mass is 9.91. The van der Waals surface area contributed by atoms with E-state index in [-0.39, 0.29) is 17.9 Å². The van der Waals surface area contributed by atoms with Crippen molar-refractivity contribution >= 4 is 11.8 Å². The number of carbonyl (C=O) groups excluding carboxylic acids is 2. The quantitative estimate of drug-likeness (QED) is 0.726. The number of ether oxygens (including phenoxy) is 1. The van der Waals surface area contributed by atoms with Crippen LogP contribution in [0.25, 0.3) is 0 Å². The smallest absolute Gasteiger partial charge is 0.273 e. The first-order valence-electron chi connectivity index (χ1n) is 10.3. The van der Waals surface area contributed by atoms with E-state index < -0.39 is 0 Å². The van der Waals surface area contributed by atoms with Crippen molar-refractivity contribution < 1.29 is 18.7 Å². The number of rotatable bonds is 7. The topological polar surface area (TPSA) is 84.7 Å². The summed E-state index contributed by atoms with van der Waals surface area (Å²) in [5, 5.41) is 3.13. The van der Waals surface area contributed by atoms with Crippen molar-refractivity contribution in [3.8, 4) is 5.75 Å². The molecular formula is C22H27N3O4. The zero-order valence-electron chi connectivity index (χ0n) is 16.7. The molecule has 1 aromatic heterocycles. The van der Waals surface area contributed by atoms with Gasteiger partial charge in [0.1, 0.15) is 11.5 Å². The fourth-order valence-electron chi connectivity index (χ4n) is 4.49. The molecule has 7 nitrogen and oxygen atoms in total. The Hall–Kier alpha value is -2.83. The van der Waals surface area contributed by atoms with Crippen molar-refractivity contribution in [1.82, 2.24) is 15.2 Å². The van der Waals surface area contributed by atoms with Crippen molar-refractivity contribution in [3.05, 3.63) is 48.2 Å². The van der Waals surface area contributed by atoms with E-state index >= 15 is 0 Å². The first-order valence-corrected chi connectivity index (χ1v) is 10.3. The number of nitrogens with one attached hydrogen (secondary N) is 1. The minimum atomic E-state index is -0.184. The van der Waals surface area contributed by atoms with Crippen molar-refractivity contribution in [2.45, 2.75) is 38.6 Å². The molecule has 1 aliphatic heterocycles. The molecule has 1 N–H and O–H groups in total. The van der Waals surface area contributed by atoms with Gasteiger partial charge in [0.15, 0.2) is 12.1 Å². The number of amides is 2. The van der Waals surface area contributed by atoms with E-state index in [1.165, 1.54) is 6.39 Å². The normalized spacial score (nSPS) is 23.1. The van der Waals surface area contributed by atoms with Crippen LogP contribution in [-0.2, 0) is 4.79 Å². The lowest BCUT2D eigenvalue weighted by Crippen LogP contribution is -2.54. The maximum atomic E-state index is 12.6. The summed E-state index contributed by atoms with van der Waals surface area (Å²) in [6, 6.07) is 9.75. The molecule has 2 aliphatic rings. The highest BCUT2D eigenvalue weighted by Gasteiger charge is 2.44. The van der Waals surface area contributed by atoms with Crippen LogP contribution in [0, 0.1) is 18.8 Å². The molecule has 0 spiro atoms. The number of aryl methyl sites for hydroxylation is 1. The SMILES string of the molecule is Cc1ocnc1C(=O)NC1[C@@H]2CC[C@H]1CN(C(=O)CCCOc1ccccc1)C2. The Balaban J connectivity index is 1.24. The number of piperidine rings is 1. The Morgan fingerprint density at radius 1 is 1.21 bits per heavy atom. The van der Waals surface area contributed by atoms with Crippen LogP contribution in [0.5, 0.6) is 5.75 Å². The van der Waals surface area contributed by atoms with Gasteiger partial charge in [-0.25, -0.2) is 4.98 Å². The molecule has 29 heavy (non-hydrogen) atoms. The fourth-order valence-corrected chi connectivity index (χ4v) is 4.49. The molecule has 1 saturated heterocycles. The number of hydrogen-bond acceptors (Lipinski definition) is 5. The summed E-state index contributed by atoms with van der Waals surface area (Å²) in [6.45, 7) is 3.68. The molecule has 4 rings (SSSR count). The Morgan fingerprint density at radius 2 is 1.93 bits per heavy atom. The molecule has 3 atom stereocenters. The summed E-state index contributed by atoms with van der Waals surface area (Å²) in [7, 11) is 0. The maximum absolute atomic E-state index is 12.6. The molecule has 2 bridgehead atoms. The third kappa shape index (κ3) is 4.44. The van der Waals surface area contributed by atoms with E-state index in [9.17, 15) is 9.59 Å². The van der Waals surface area contributed by atoms with Crippen molar-refractivity contribution in [1.29, 1.82) is 0 Å². The van der Waals surface area contributed by atoms with Gasteiger partial charge in [-0.15, -0.1) is 0 Å². The van der Waals surface area contributed by atoms with Crippen LogP contribution in [0.3, 0.4) is 0 Å². The van der Waals surface area contributed by atoms with Crippen LogP contribution in [0.1, 0.15) is 41.9 Å². The van der Waals surface area contributed by atoms with Crippen LogP contribution in [0.2, 0.25) is 0 Å². The number of aromatic nitrogens is 1. The molecule has 1 aliphatic carbocycles. The third-order valence-electron chi connectivity index (χ3n) is 5.99. The molecule has 2 fully saturated rings. The standard InChI is InChI=1S/C22H27N3O4/c1-15-20(23-14-29-15)22(27)24-21-16-9-10-17(21)13-25(12-16)19(26)8-5-11-28-18-6-3-2-4-7-18/h2-4,6-7,14,16-17,21H,5,8-13H2,1H3,(H,24,27)/t16-,17+,21?. The molecule has 1 saturated carbocycles. The second-order valence-corrected chi connectivity index (χ2v) is 7.92. The van der Waals surface area contributed by atoms with E-state index in [4.69, 9.17) is 9.15 Å². The zero-order chi connectivity index (χ0) is 20.2. The second kappa shape index (κ2) is 8.68. The number of benzene rings is 1. The lowest BCUT2D eigenvalue weighted by molar-refractivity contribution is -0.133. The average molecular weight is 397 g/mol. The first kappa shape index (κ1) is 19.5. The molecule has 7 heteroatoms. The Kier molecular flexibility index (Phi) is 5.83. The fraction of sp³-hybridized carbons (Fsp3) is 0.500. The minimum absolute atomic E-state index is 0.101. The van der Waals surface area contributed by atoms with E-state index in [1.54, 1.807) is 6.92 Å². The molecule has 1 unspecified atom stereocenters. The highest BCUT2D eigenvalue weighted by atomic mass is 16.5. The summed E-state index contributed by atoms with van der Waals surface area (Å²) in [4.78, 5) is 31.1. The van der Waals surface area contributed by atoms with Crippen LogP contribution >= 0.6 is 0 Å². The molecule has 2 aromatic rings. The van der Waals surface area contributed by atoms with Crippen LogP contribution in [0.4, 0.5) is 0 Å². The number of nitrogens with zero attached hydrogens (tertiary/aromatic N) is 2. The van der Waals surface area contributed by atoms with Gasteiger partial charge in [0.25, 0.3) is 5.91 Å².